The Kier molecular flexibility index (Phi) is 7.77. The molecule has 1 unspecified atom stereocenters. The van der Waals surface area contributed by atoms with Crippen molar-refractivity contribution in [1.29, 1.82) is 0 Å². The summed E-state index contributed by atoms with van der Waals surface area (Å²) in [7, 11) is 1.62. The van der Waals surface area contributed by atoms with Crippen LogP contribution in [0.5, 0.6) is 0 Å². The molecule has 15 heavy (non-hydrogen) atoms. The largest absolute Gasteiger partial charge is 0.489 e. The molecular formula is C11H21NO3. The molecule has 2 N–H and O–H groups in total. The Hall–Kier alpha value is -1.00. The van der Waals surface area contributed by atoms with Crippen molar-refractivity contribution in [3.63, 3.8) is 0 Å². The maximum absolute atomic E-state index is 5.37. The van der Waals surface area contributed by atoms with Gasteiger partial charge in [-0.15, -0.1) is 0 Å². The van der Waals surface area contributed by atoms with E-state index in [4.69, 9.17) is 19.9 Å². The molecule has 0 aliphatic carbocycles. The molecule has 0 aliphatic heterocycles. The van der Waals surface area contributed by atoms with Gasteiger partial charge in [0.15, 0.2) is 6.29 Å². The number of allylic oxidation sites excluding steroid dienone is 1. The summed E-state index contributed by atoms with van der Waals surface area (Å²) < 4.78 is 15.8. The second-order valence-electron chi connectivity index (χ2n) is 3.10. The smallest absolute Gasteiger partial charge is 0.157 e. The lowest BCUT2D eigenvalue weighted by molar-refractivity contribution is -0.131. The van der Waals surface area contributed by atoms with Gasteiger partial charge in [-0.2, -0.15) is 0 Å². The Bertz CT molecular complexity index is 210. The molecule has 4 nitrogen and oxygen atoms in total. The van der Waals surface area contributed by atoms with Gasteiger partial charge < -0.3 is 19.9 Å². The topological polar surface area (TPSA) is 53.7 Å². The Labute approximate surface area is 91.7 Å². The van der Waals surface area contributed by atoms with Crippen LogP contribution in [0.2, 0.25) is 0 Å². The van der Waals surface area contributed by atoms with Crippen LogP contribution in [0.3, 0.4) is 0 Å². The fraction of sp³-hybridized carbons (Fsp3) is 0.636. The highest BCUT2D eigenvalue weighted by molar-refractivity contribution is 5.18. The number of nitrogens with two attached hydrogens (primary N) is 1. The van der Waals surface area contributed by atoms with E-state index in [1.54, 1.807) is 7.11 Å². The molecule has 0 radical (unpaired) electrons. The molecule has 4 heteroatoms. The summed E-state index contributed by atoms with van der Waals surface area (Å²) in [6.07, 6.45) is 2.05. The van der Waals surface area contributed by atoms with E-state index in [0.717, 1.165) is 12.0 Å². The number of hydrogen-bond donors (Lipinski definition) is 1. The molecule has 0 aromatic rings. The van der Waals surface area contributed by atoms with Gasteiger partial charge in [0.05, 0.1) is 6.61 Å². The van der Waals surface area contributed by atoms with E-state index >= 15 is 0 Å². The van der Waals surface area contributed by atoms with E-state index in [2.05, 4.69) is 6.58 Å². The highest BCUT2D eigenvalue weighted by Crippen LogP contribution is 2.06. The first kappa shape index (κ1) is 14.0. The number of methoxy groups -OCH3 is 1. The fourth-order valence-electron chi connectivity index (χ4n) is 0.997. The summed E-state index contributed by atoms with van der Waals surface area (Å²) in [6, 6.07) is 0. The number of hydrogen-bond acceptors (Lipinski definition) is 4. The van der Waals surface area contributed by atoms with E-state index < -0.39 is 0 Å². The third-order valence-corrected chi connectivity index (χ3v) is 1.81. The van der Waals surface area contributed by atoms with Gasteiger partial charge >= 0.3 is 0 Å². The third kappa shape index (κ3) is 6.14. The van der Waals surface area contributed by atoms with Gasteiger partial charge in [-0.3, -0.25) is 0 Å². The number of ether oxygens (including phenoxy) is 3. The molecule has 0 aromatic carbocycles. The van der Waals surface area contributed by atoms with Gasteiger partial charge in [-0.1, -0.05) is 13.5 Å². The minimum absolute atomic E-state index is 0.163. The quantitative estimate of drug-likeness (QED) is 0.290. The van der Waals surface area contributed by atoms with Gasteiger partial charge in [0.25, 0.3) is 0 Å². The molecule has 0 saturated carbocycles. The summed E-state index contributed by atoms with van der Waals surface area (Å²) in [4.78, 5) is 0. The fourth-order valence-corrected chi connectivity index (χ4v) is 0.997. The van der Waals surface area contributed by atoms with E-state index in [1.165, 1.54) is 6.20 Å². The minimum atomic E-state index is -0.163. The monoisotopic (exact) mass is 215 g/mol. The zero-order valence-corrected chi connectivity index (χ0v) is 9.79. The first-order chi connectivity index (χ1) is 7.15. The molecule has 0 aliphatic rings. The predicted molar refractivity (Wildman–Crippen MR) is 60.1 cm³/mol. The van der Waals surface area contributed by atoms with Crippen molar-refractivity contribution in [3.05, 3.63) is 24.1 Å². The Morgan fingerprint density at radius 2 is 2.13 bits per heavy atom. The van der Waals surface area contributed by atoms with E-state index in [1.807, 2.05) is 13.8 Å². The lowest BCUT2D eigenvalue weighted by Crippen LogP contribution is -2.17. The first-order valence-corrected chi connectivity index (χ1v) is 5.00. The SMILES string of the molecule is C=C(C)/C(=C\N)OCCOC(CC)OC. The van der Waals surface area contributed by atoms with E-state index in [-0.39, 0.29) is 6.29 Å². The van der Waals surface area contributed by atoms with Crippen LogP contribution in [-0.2, 0) is 14.2 Å². The second-order valence-corrected chi connectivity index (χ2v) is 3.10. The lowest BCUT2D eigenvalue weighted by atomic mass is 10.3. The van der Waals surface area contributed by atoms with Crippen LogP contribution >= 0.6 is 0 Å². The maximum Gasteiger partial charge on any atom is 0.157 e. The lowest BCUT2D eigenvalue weighted by Gasteiger charge is -2.15. The summed E-state index contributed by atoms with van der Waals surface area (Å²) in [6.45, 7) is 8.47. The van der Waals surface area contributed by atoms with Crippen molar-refractivity contribution in [2.45, 2.75) is 26.6 Å². The zero-order valence-electron chi connectivity index (χ0n) is 9.79. The van der Waals surface area contributed by atoms with Crippen LogP contribution in [-0.4, -0.2) is 26.6 Å². The second kappa shape index (κ2) is 8.32. The molecule has 0 amide bonds. The molecule has 0 aromatic heterocycles. The molecule has 88 valence electrons. The Morgan fingerprint density at radius 3 is 2.53 bits per heavy atom. The van der Waals surface area contributed by atoms with Crippen LogP contribution in [0.25, 0.3) is 0 Å². The first-order valence-electron chi connectivity index (χ1n) is 5.00. The van der Waals surface area contributed by atoms with Crippen LogP contribution in [0.1, 0.15) is 20.3 Å². The highest BCUT2D eigenvalue weighted by Gasteiger charge is 2.04. The van der Waals surface area contributed by atoms with E-state index in [0.29, 0.717) is 19.0 Å². The molecule has 1 atom stereocenters. The van der Waals surface area contributed by atoms with Crippen molar-refractivity contribution in [1.82, 2.24) is 0 Å². The van der Waals surface area contributed by atoms with Crippen LogP contribution in [0, 0.1) is 0 Å². The minimum Gasteiger partial charge on any atom is -0.489 e. The van der Waals surface area contributed by atoms with Crippen molar-refractivity contribution in [2.75, 3.05) is 20.3 Å². The maximum atomic E-state index is 5.37. The van der Waals surface area contributed by atoms with Crippen molar-refractivity contribution in [2.24, 2.45) is 5.73 Å². The van der Waals surface area contributed by atoms with Gasteiger partial charge in [0.1, 0.15) is 12.4 Å². The average molecular weight is 215 g/mol. The molecule has 0 bridgehead atoms. The van der Waals surface area contributed by atoms with Gasteiger partial charge in [0, 0.05) is 13.3 Å². The molecule has 0 spiro atoms. The summed E-state index contributed by atoms with van der Waals surface area (Å²) in [5, 5.41) is 0. The molecular weight excluding hydrogens is 194 g/mol. The zero-order chi connectivity index (χ0) is 11.7. The van der Waals surface area contributed by atoms with Crippen molar-refractivity contribution >= 4 is 0 Å². The summed E-state index contributed by atoms with van der Waals surface area (Å²) in [5.41, 5.74) is 6.16. The highest BCUT2D eigenvalue weighted by atomic mass is 16.7. The Balaban J connectivity index is 3.66. The molecule has 0 heterocycles. The standard InChI is InChI=1S/C11H21NO3/c1-5-11(13-4)15-7-6-14-10(8-12)9(2)3/h8,11H,2,5-7,12H2,1,3-4H3/b10-8+. The Morgan fingerprint density at radius 1 is 1.47 bits per heavy atom. The normalized spacial score (nSPS) is 13.7. The average Bonchev–Trinajstić information content (AvgIpc) is 2.23. The number of rotatable bonds is 8. The van der Waals surface area contributed by atoms with Crippen LogP contribution in [0.4, 0.5) is 0 Å². The molecule has 0 saturated heterocycles. The van der Waals surface area contributed by atoms with E-state index in [9.17, 15) is 0 Å². The molecule has 0 fully saturated rings. The van der Waals surface area contributed by atoms with Gasteiger partial charge in [0.2, 0.25) is 0 Å². The van der Waals surface area contributed by atoms with Crippen LogP contribution < -0.4 is 5.73 Å². The van der Waals surface area contributed by atoms with Gasteiger partial charge in [-0.05, 0) is 18.9 Å². The van der Waals surface area contributed by atoms with Crippen molar-refractivity contribution in [3.8, 4) is 0 Å². The van der Waals surface area contributed by atoms with Gasteiger partial charge in [-0.25, -0.2) is 0 Å². The summed E-state index contributed by atoms with van der Waals surface area (Å²) in [5.74, 6) is 0.601. The predicted octanol–water partition coefficient (Wildman–Crippen LogP) is 1.78. The van der Waals surface area contributed by atoms with Crippen molar-refractivity contribution < 1.29 is 14.2 Å². The third-order valence-electron chi connectivity index (χ3n) is 1.81. The summed E-state index contributed by atoms with van der Waals surface area (Å²) >= 11 is 0. The van der Waals surface area contributed by atoms with Crippen LogP contribution in [0.15, 0.2) is 24.1 Å². The molecule has 0 rings (SSSR count).